The molecule has 0 fully saturated rings. The van der Waals surface area contributed by atoms with Crippen molar-refractivity contribution in [3.63, 3.8) is 0 Å². The van der Waals surface area contributed by atoms with Crippen LogP contribution in [0.4, 0.5) is 0 Å². The Balaban J connectivity index is 4.59. The van der Waals surface area contributed by atoms with Crippen LogP contribution >= 0.6 is 0 Å². The fourth-order valence-corrected chi connectivity index (χ4v) is 6.94. The molecule has 0 aliphatic heterocycles. The highest BCUT2D eigenvalue weighted by Gasteiger charge is 2.25. The van der Waals surface area contributed by atoms with Crippen LogP contribution in [0, 0.1) is 0 Å². The average molecular weight is 597 g/mol. The van der Waals surface area contributed by atoms with Gasteiger partial charge in [-0.25, -0.2) is 0 Å². The summed E-state index contributed by atoms with van der Waals surface area (Å²) >= 11 is 0. The Morgan fingerprint density at radius 2 is 0.452 bits per heavy atom. The molecule has 0 spiro atoms. The van der Waals surface area contributed by atoms with Crippen molar-refractivity contribution < 1.29 is 13.4 Å². The maximum absolute atomic E-state index is 2.61. The standard InChI is InChI=1S/C39H86N3/c1-9-12-15-18-21-22-23-24-27-30-37-42(8,38-31-35-40(4,5)33-28-25-19-16-13-10-2)39-32-36-41(6,7)34-29-26-20-17-14-11-3/h9-39H2,1-8H3/q+3. The summed E-state index contributed by atoms with van der Waals surface area (Å²) < 4.78 is 3.74. The normalized spacial score (nSPS) is 12.9. The Morgan fingerprint density at radius 1 is 0.238 bits per heavy atom. The SMILES string of the molecule is CCCCCCCCCCCC[N+](C)(CCC[N+](C)(C)CCCCCCCC)CCC[N+](C)(C)CCCCCCCC. The summed E-state index contributed by atoms with van der Waals surface area (Å²) in [5.41, 5.74) is 0. The molecule has 254 valence electrons. The van der Waals surface area contributed by atoms with Crippen molar-refractivity contribution in [3.05, 3.63) is 0 Å². The quantitative estimate of drug-likeness (QED) is 0.0522. The summed E-state index contributed by atoms with van der Waals surface area (Å²) in [6.45, 7) is 16.5. The maximum atomic E-state index is 2.61. The van der Waals surface area contributed by atoms with Crippen LogP contribution in [-0.4, -0.2) is 94.5 Å². The fraction of sp³-hybridized carbons (Fsp3) is 1.00. The largest absolute Gasteiger partial charge is 0.328 e. The molecule has 0 bridgehead atoms. The molecule has 0 N–H and O–H groups in total. The second-order valence-electron chi connectivity index (χ2n) is 16.0. The number of rotatable bonds is 33. The average Bonchev–Trinajstić information content (AvgIpc) is 2.93. The lowest BCUT2D eigenvalue weighted by Crippen LogP contribution is -2.50. The van der Waals surface area contributed by atoms with Crippen LogP contribution in [0.3, 0.4) is 0 Å². The lowest BCUT2D eigenvalue weighted by molar-refractivity contribution is -0.928. The van der Waals surface area contributed by atoms with E-state index in [0.29, 0.717) is 0 Å². The first kappa shape index (κ1) is 41.9. The van der Waals surface area contributed by atoms with Crippen molar-refractivity contribution in [2.24, 2.45) is 0 Å². The first-order valence-corrected chi connectivity index (χ1v) is 19.6. The Morgan fingerprint density at radius 3 is 0.762 bits per heavy atom. The zero-order valence-corrected chi connectivity index (χ0v) is 31.3. The number of nitrogens with zero attached hydrogens (tertiary/aromatic N) is 3. The van der Waals surface area contributed by atoms with E-state index in [1.165, 1.54) is 213 Å². The summed E-state index contributed by atoms with van der Waals surface area (Å²) in [7, 11) is 12.6. The van der Waals surface area contributed by atoms with Gasteiger partial charge in [0.25, 0.3) is 0 Å². The monoisotopic (exact) mass is 597 g/mol. The minimum atomic E-state index is 1.22. The van der Waals surface area contributed by atoms with E-state index < -0.39 is 0 Å². The van der Waals surface area contributed by atoms with Crippen molar-refractivity contribution in [1.29, 1.82) is 0 Å². The number of unbranched alkanes of at least 4 members (excludes halogenated alkanes) is 19. The molecule has 42 heavy (non-hydrogen) atoms. The zero-order valence-electron chi connectivity index (χ0n) is 31.3. The molecule has 0 aliphatic rings. The summed E-state index contributed by atoms with van der Waals surface area (Å²) in [5.74, 6) is 0. The van der Waals surface area contributed by atoms with Crippen LogP contribution in [0.1, 0.15) is 175 Å². The second kappa shape index (κ2) is 27.2. The Labute approximate surface area is 269 Å². The minimum Gasteiger partial charge on any atom is -0.328 e. The van der Waals surface area contributed by atoms with Crippen LogP contribution in [0.15, 0.2) is 0 Å². The lowest BCUT2D eigenvalue weighted by atomic mass is 10.1. The van der Waals surface area contributed by atoms with E-state index in [9.17, 15) is 0 Å². The van der Waals surface area contributed by atoms with E-state index in [-0.39, 0.29) is 0 Å². The van der Waals surface area contributed by atoms with Crippen molar-refractivity contribution in [3.8, 4) is 0 Å². The lowest BCUT2D eigenvalue weighted by Gasteiger charge is -2.38. The summed E-state index contributed by atoms with van der Waals surface area (Å²) in [4.78, 5) is 0. The molecule has 0 amide bonds. The second-order valence-corrected chi connectivity index (χ2v) is 16.0. The van der Waals surface area contributed by atoms with Gasteiger partial charge in [-0.1, -0.05) is 124 Å². The minimum absolute atomic E-state index is 1.22. The van der Waals surface area contributed by atoms with Gasteiger partial charge in [0.2, 0.25) is 0 Å². The molecule has 0 heterocycles. The van der Waals surface area contributed by atoms with Crippen molar-refractivity contribution >= 4 is 0 Å². The van der Waals surface area contributed by atoms with Gasteiger partial charge in [-0.15, -0.1) is 0 Å². The maximum Gasteiger partial charge on any atom is 0.0839 e. The van der Waals surface area contributed by atoms with Gasteiger partial charge in [0.05, 0.1) is 81.1 Å². The van der Waals surface area contributed by atoms with Gasteiger partial charge >= 0.3 is 0 Å². The first-order chi connectivity index (χ1) is 20.1. The van der Waals surface area contributed by atoms with Gasteiger partial charge < -0.3 is 13.4 Å². The van der Waals surface area contributed by atoms with Gasteiger partial charge in [-0.2, -0.15) is 0 Å². The van der Waals surface area contributed by atoms with Gasteiger partial charge in [0.15, 0.2) is 0 Å². The molecule has 0 aromatic rings. The van der Waals surface area contributed by atoms with Crippen LogP contribution < -0.4 is 0 Å². The smallest absolute Gasteiger partial charge is 0.0839 e. The third kappa shape index (κ3) is 27.4. The van der Waals surface area contributed by atoms with Gasteiger partial charge in [0.1, 0.15) is 0 Å². The van der Waals surface area contributed by atoms with E-state index >= 15 is 0 Å². The van der Waals surface area contributed by atoms with Crippen molar-refractivity contribution in [1.82, 2.24) is 0 Å². The number of hydrogen-bond acceptors (Lipinski definition) is 0. The predicted octanol–water partition coefficient (Wildman–Crippen LogP) is 11.0. The van der Waals surface area contributed by atoms with Crippen LogP contribution in [0.2, 0.25) is 0 Å². The fourth-order valence-electron chi connectivity index (χ4n) is 6.94. The highest BCUT2D eigenvalue weighted by Crippen LogP contribution is 2.16. The molecule has 0 atom stereocenters. The third-order valence-corrected chi connectivity index (χ3v) is 10.2. The molecule has 0 rings (SSSR count). The molecule has 0 saturated carbocycles. The number of quaternary nitrogens is 3. The van der Waals surface area contributed by atoms with E-state index in [2.05, 4.69) is 56.0 Å². The molecular formula is C39H86N3+3. The van der Waals surface area contributed by atoms with E-state index in [1.807, 2.05) is 0 Å². The van der Waals surface area contributed by atoms with E-state index in [1.54, 1.807) is 0 Å². The molecule has 0 aromatic heterocycles. The van der Waals surface area contributed by atoms with Gasteiger partial charge in [-0.3, -0.25) is 0 Å². The summed E-state index contributed by atoms with van der Waals surface area (Å²) in [6.07, 6.45) is 34.2. The Kier molecular flexibility index (Phi) is 27.1. The molecule has 0 aromatic carbocycles. The molecule has 0 aliphatic carbocycles. The molecule has 0 radical (unpaired) electrons. The molecule has 3 nitrogen and oxygen atoms in total. The Bertz CT molecular complexity index is 522. The zero-order chi connectivity index (χ0) is 31.4. The highest BCUT2D eigenvalue weighted by molar-refractivity contribution is 4.52. The molecule has 0 unspecified atom stereocenters. The van der Waals surface area contributed by atoms with Gasteiger partial charge in [0, 0.05) is 12.8 Å². The van der Waals surface area contributed by atoms with E-state index in [0.717, 1.165) is 0 Å². The highest BCUT2D eigenvalue weighted by atomic mass is 15.4. The predicted molar refractivity (Wildman–Crippen MR) is 192 cm³/mol. The van der Waals surface area contributed by atoms with Crippen LogP contribution in [-0.2, 0) is 0 Å². The van der Waals surface area contributed by atoms with E-state index in [4.69, 9.17) is 0 Å². The first-order valence-electron chi connectivity index (χ1n) is 19.6. The van der Waals surface area contributed by atoms with Crippen LogP contribution in [0.5, 0.6) is 0 Å². The number of hydrogen-bond donors (Lipinski definition) is 0. The Hall–Kier alpha value is -0.120. The van der Waals surface area contributed by atoms with Crippen molar-refractivity contribution in [2.75, 3.05) is 81.1 Å². The topological polar surface area (TPSA) is 0 Å². The third-order valence-electron chi connectivity index (χ3n) is 10.2. The summed E-state index contributed by atoms with van der Waals surface area (Å²) in [5, 5.41) is 0. The van der Waals surface area contributed by atoms with Crippen LogP contribution in [0.25, 0.3) is 0 Å². The molecular weight excluding hydrogens is 510 g/mol. The molecule has 0 saturated heterocycles. The van der Waals surface area contributed by atoms with Gasteiger partial charge in [-0.05, 0) is 38.5 Å². The van der Waals surface area contributed by atoms with Crippen molar-refractivity contribution in [2.45, 2.75) is 175 Å². The summed E-state index contributed by atoms with van der Waals surface area (Å²) in [6, 6.07) is 0. The molecule has 3 heteroatoms.